The first kappa shape index (κ1) is 15.5. The van der Waals surface area contributed by atoms with Crippen LogP contribution in [0.5, 0.6) is 0 Å². The fraction of sp³-hybridized carbons (Fsp3) is 0.769. The highest BCUT2D eigenvalue weighted by Crippen LogP contribution is 2.21. The lowest BCUT2D eigenvalue weighted by atomic mass is 10.0. The number of aryl methyl sites for hydroxylation is 2. The third-order valence-electron chi connectivity index (χ3n) is 3.45. The standard InChI is InChI=1S/C13H24ClN3O/c1-9(18-5)6-7-11(15-3)8-12-10(2)16-17(4)13(12)14/h9,11,15H,6-8H2,1-5H3. The van der Waals surface area contributed by atoms with E-state index in [1.54, 1.807) is 11.8 Å². The highest BCUT2D eigenvalue weighted by molar-refractivity contribution is 6.30. The van der Waals surface area contributed by atoms with Gasteiger partial charge in [-0.25, -0.2) is 0 Å². The Morgan fingerprint density at radius 3 is 2.56 bits per heavy atom. The molecule has 0 bridgehead atoms. The maximum Gasteiger partial charge on any atom is 0.130 e. The van der Waals surface area contributed by atoms with Crippen LogP contribution in [0.25, 0.3) is 0 Å². The normalized spacial score (nSPS) is 14.8. The predicted octanol–water partition coefficient (Wildman–Crippen LogP) is 2.33. The summed E-state index contributed by atoms with van der Waals surface area (Å²) < 4.78 is 7.01. The van der Waals surface area contributed by atoms with Crippen LogP contribution in [0, 0.1) is 6.92 Å². The van der Waals surface area contributed by atoms with Gasteiger partial charge in [0, 0.05) is 25.8 Å². The third-order valence-corrected chi connectivity index (χ3v) is 3.93. The summed E-state index contributed by atoms with van der Waals surface area (Å²) in [4.78, 5) is 0. The van der Waals surface area contributed by atoms with Crippen molar-refractivity contribution in [1.82, 2.24) is 15.1 Å². The summed E-state index contributed by atoms with van der Waals surface area (Å²) in [6.45, 7) is 4.10. The van der Waals surface area contributed by atoms with E-state index in [0.717, 1.165) is 35.7 Å². The van der Waals surface area contributed by atoms with Crippen molar-refractivity contribution in [3.05, 3.63) is 16.4 Å². The number of ether oxygens (including phenoxy) is 1. The Morgan fingerprint density at radius 2 is 2.11 bits per heavy atom. The minimum atomic E-state index is 0.298. The van der Waals surface area contributed by atoms with Gasteiger partial charge in [-0.05, 0) is 40.2 Å². The molecule has 1 aromatic heterocycles. The zero-order chi connectivity index (χ0) is 13.7. The van der Waals surface area contributed by atoms with Gasteiger partial charge in [-0.3, -0.25) is 4.68 Å². The largest absolute Gasteiger partial charge is 0.382 e. The second-order valence-electron chi connectivity index (χ2n) is 4.79. The number of rotatable bonds is 7. The van der Waals surface area contributed by atoms with Gasteiger partial charge < -0.3 is 10.1 Å². The Labute approximate surface area is 115 Å². The van der Waals surface area contributed by atoms with E-state index in [1.165, 1.54) is 0 Å². The fourth-order valence-electron chi connectivity index (χ4n) is 2.05. The molecule has 1 heterocycles. The molecule has 0 aromatic carbocycles. The van der Waals surface area contributed by atoms with Crippen molar-refractivity contribution in [2.24, 2.45) is 7.05 Å². The molecule has 2 atom stereocenters. The van der Waals surface area contributed by atoms with Gasteiger partial charge in [-0.1, -0.05) is 11.6 Å². The summed E-state index contributed by atoms with van der Waals surface area (Å²) in [5, 5.41) is 8.43. The Kier molecular flexibility index (Phi) is 6.12. The van der Waals surface area contributed by atoms with Crippen LogP contribution >= 0.6 is 11.6 Å². The fourth-order valence-corrected chi connectivity index (χ4v) is 2.31. The molecule has 1 rings (SSSR count). The number of aromatic nitrogens is 2. The monoisotopic (exact) mass is 273 g/mol. The van der Waals surface area contributed by atoms with E-state index in [4.69, 9.17) is 16.3 Å². The second kappa shape index (κ2) is 7.12. The Balaban J connectivity index is 2.62. The zero-order valence-electron chi connectivity index (χ0n) is 12.0. The molecule has 0 aliphatic rings. The molecular weight excluding hydrogens is 250 g/mol. The minimum Gasteiger partial charge on any atom is -0.382 e. The van der Waals surface area contributed by atoms with Gasteiger partial charge in [0.2, 0.25) is 0 Å². The summed E-state index contributed by atoms with van der Waals surface area (Å²) in [7, 11) is 5.61. The van der Waals surface area contributed by atoms with Crippen molar-refractivity contribution in [2.75, 3.05) is 14.2 Å². The Hall–Kier alpha value is -0.580. The molecule has 4 nitrogen and oxygen atoms in total. The van der Waals surface area contributed by atoms with Crippen LogP contribution in [0.15, 0.2) is 0 Å². The predicted molar refractivity (Wildman–Crippen MR) is 75.2 cm³/mol. The Bertz CT molecular complexity index is 379. The molecule has 0 aliphatic carbocycles. The average molecular weight is 274 g/mol. The molecule has 1 N–H and O–H groups in total. The number of halogens is 1. The summed E-state index contributed by atoms with van der Waals surface area (Å²) >= 11 is 6.25. The summed E-state index contributed by atoms with van der Waals surface area (Å²) in [5.41, 5.74) is 2.16. The quantitative estimate of drug-likeness (QED) is 0.829. The first-order chi connectivity index (χ1) is 8.49. The minimum absolute atomic E-state index is 0.298. The molecule has 0 amide bonds. The lowest BCUT2D eigenvalue weighted by molar-refractivity contribution is 0.106. The molecule has 0 saturated carbocycles. The maximum atomic E-state index is 6.25. The van der Waals surface area contributed by atoms with Gasteiger partial charge >= 0.3 is 0 Å². The summed E-state index contributed by atoms with van der Waals surface area (Å²) in [5.74, 6) is 0. The molecule has 1 aromatic rings. The number of nitrogens with zero attached hydrogens (tertiary/aromatic N) is 2. The first-order valence-electron chi connectivity index (χ1n) is 6.37. The number of likely N-dealkylation sites (N-methyl/N-ethyl adjacent to an activating group) is 1. The molecule has 0 spiro atoms. The first-order valence-corrected chi connectivity index (χ1v) is 6.75. The molecule has 2 unspecified atom stereocenters. The van der Waals surface area contributed by atoms with Gasteiger partial charge in [-0.2, -0.15) is 5.10 Å². The second-order valence-corrected chi connectivity index (χ2v) is 5.15. The van der Waals surface area contributed by atoms with Crippen LogP contribution in [0.2, 0.25) is 5.15 Å². The van der Waals surface area contributed by atoms with Crippen LogP contribution in [-0.4, -0.2) is 36.1 Å². The summed E-state index contributed by atoms with van der Waals surface area (Å²) in [6.07, 6.45) is 3.31. The Morgan fingerprint density at radius 1 is 1.44 bits per heavy atom. The molecular formula is C13H24ClN3O. The van der Waals surface area contributed by atoms with E-state index in [2.05, 4.69) is 17.3 Å². The van der Waals surface area contributed by atoms with Crippen LogP contribution in [-0.2, 0) is 18.2 Å². The third kappa shape index (κ3) is 3.97. The topological polar surface area (TPSA) is 39.1 Å². The van der Waals surface area contributed by atoms with Crippen LogP contribution in [0.1, 0.15) is 31.0 Å². The molecule has 104 valence electrons. The van der Waals surface area contributed by atoms with Crippen molar-refractivity contribution in [3.63, 3.8) is 0 Å². The van der Waals surface area contributed by atoms with Gasteiger partial charge in [-0.15, -0.1) is 0 Å². The van der Waals surface area contributed by atoms with Crippen LogP contribution in [0.3, 0.4) is 0 Å². The zero-order valence-corrected chi connectivity index (χ0v) is 12.7. The smallest absolute Gasteiger partial charge is 0.130 e. The lowest BCUT2D eigenvalue weighted by Crippen LogP contribution is -2.29. The van der Waals surface area contributed by atoms with Gasteiger partial charge in [0.1, 0.15) is 5.15 Å². The van der Waals surface area contributed by atoms with Gasteiger partial charge in [0.15, 0.2) is 0 Å². The average Bonchev–Trinajstić information content (AvgIpc) is 2.59. The van der Waals surface area contributed by atoms with Gasteiger partial charge in [0.25, 0.3) is 0 Å². The lowest BCUT2D eigenvalue weighted by Gasteiger charge is -2.18. The molecule has 0 fully saturated rings. The number of nitrogens with one attached hydrogen (secondary N) is 1. The number of methoxy groups -OCH3 is 1. The molecule has 5 heteroatoms. The van der Waals surface area contributed by atoms with Gasteiger partial charge in [0.05, 0.1) is 11.8 Å². The van der Waals surface area contributed by atoms with E-state index in [0.29, 0.717) is 12.1 Å². The van der Waals surface area contributed by atoms with Crippen LogP contribution in [0.4, 0.5) is 0 Å². The van der Waals surface area contributed by atoms with Crippen LogP contribution < -0.4 is 5.32 Å². The maximum absolute atomic E-state index is 6.25. The SMILES string of the molecule is CNC(CCC(C)OC)Cc1c(C)nn(C)c1Cl. The summed E-state index contributed by atoms with van der Waals surface area (Å²) in [6, 6.07) is 0.406. The highest BCUT2D eigenvalue weighted by atomic mass is 35.5. The molecule has 18 heavy (non-hydrogen) atoms. The van der Waals surface area contributed by atoms with E-state index >= 15 is 0 Å². The molecule has 0 radical (unpaired) electrons. The van der Waals surface area contributed by atoms with E-state index < -0.39 is 0 Å². The molecule has 0 aliphatic heterocycles. The van der Waals surface area contributed by atoms with Crippen molar-refractivity contribution in [1.29, 1.82) is 0 Å². The van der Waals surface area contributed by atoms with Crippen molar-refractivity contribution in [2.45, 2.75) is 45.3 Å². The van der Waals surface area contributed by atoms with E-state index in [1.807, 2.05) is 21.0 Å². The molecule has 0 saturated heterocycles. The number of hydrogen-bond donors (Lipinski definition) is 1. The number of hydrogen-bond acceptors (Lipinski definition) is 3. The van der Waals surface area contributed by atoms with Crippen molar-refractivity contribution < 1.29 is 4.74 Å². The van der Waals surface area contributed by atoms with Crippen molar-refractivity contribution >= 4 is 11.6 Å². The van der Waals surface area contributed by atoms with E-state index in [9.17, 15) is 0 Å². The van der Waals surface area contributed by atoms with E-state index in [-0.39, 0.29) is 0 Å². The highest BCUT2D eigenvalue weighted by Gasteiger charge is 2.16. The van der Waals surface area contributed by atoms with Crippen molar-refractivity contribution in [3.8, 4) is 0 Å².